The molecular formula is C13H10FN3O. The van der Waals surface area contributed by atoms with Crippen molar-refractivity contribution in [2.45, 2.75) is 0 Å². The number of halogens is 1. The first-order chi connectivity index (χ1) is 8.75. The summed E-state index contributed by atoms with van der Waals surface area (Å²) in [5, 5.41) is 3.78. The SMILES string of the molecule is O=C(NN=Cc1ccc(F)cc1)c1ccncc1. The number of hydrazone groups is 1. The highest BCUT2D eigenvalue weighted by molar-refractivity contribution is 5.94. The Morgan fingerprint density at radius 1 is 1.17 bits per heavy atom. The van der Waals surface area contributed by atoms with Gasteiger partial charge in [0.25, 0.3) is 5.91 Å². The third kappa shape index (κ3) is 3.21. The summed E-state index contributed by atoms with van der Waals surface area (Å²) in [4.78, 5) is 15.4. The van der Waals surface area contributed by atoms with Gasteiger partial charge >= 0.3 is 0 Å². The Morgan fingerprint density at radius 2 is 1.83 bits per heavy atom. The van der Waals surface area contributed by atoms with Crippen LogP contribution in [-0.2, 0) is 0 Å². The minimum absolute atomic E-state index is 0.312. The average Bonchev–Trinajstić information content (AvgIpc) is 2.42. The molecule has 0 aliphatic carbocycles. The third-order valence-electron chi connectivity index (χ3n) is 2.19. The van der Waals surface area contributed by atoms with Crippen LogP contribution >= 0.6 is 0 Å². The highest BCUT2D eigenvalue weighted by Crippen LogP contribution is 2.00. The standard InChI is InChI=1S/C13H10FN3O/c14-12-3-1-10(2-4-12)9-16-17-13(18)11-5-7-15-8-6-11/h1-9H,(H,17,18). The van der Waals surface area contributed by atoms with E-state index in [9.17, 15) is 9.18 Å². The van der Waals surface area contributed by atoms with Crippen molar-refractivity contribution in [3.63, 3.8) is 0 Å². The van der Waals surface area contributed by atoms with Gasteiger partial charge in [-0.2, -0.15) is 5.10 Å². The van der Waals surface area contributed by atoms with Crippen molar-refractivity contribution in [1.82, 2.24) is 10.4 Å². The van der Waals surface area contributed by atoms with Crippen molar-refractivity contribution < 1.29 is 9.18 Å². The van der Waals surface area contributed by atoms with Gasteiger partial charge in [0.15, 0.2) is 0 Å². The number of hydrogen-bond acceptors (Lipinski definition) is 3. The number of rotatable bonds is 3. The number of pyridine rings is 1. The van der Waals surface area contributed by atoms with Crippen LogP contribution in [0.15, 0.2) is 53.9 Å². The van der Waals surface area contributed by atoms with Crippen molar-refractivity contribution in [2.24, 2.45) is 5.10 Å². The maximum Gasteiger partial charge on any atom is 0.271 e. The van der Waals surface area contributed by atoms with E-state index in [0.717, 1.165) is 0 Å². The Morgan fingerprint density at radius 3 is 2.50 bits per heavy atom. The van der Waals surface area contributed by atoms with Gasteiger partial charge in [-0.3, -0.25) is 9.78 Å². The van der Waals surface area contributed by atoms with Crippen molar-refractivity contribution in [1.29, 1.82) is 0 Å². The Bertz CT molecular complexity index is 552. The van der Waals surface area contributed by atoms with Gasteiger partial charge in [0.2, 0.25) is 0 Å². The molecule has 0 bridgehead atoms. The molecule has 90 valence electrons. The average molecular weight is 243 g/mol. The quantitative estimate of drug-likeness (QED) is 0.662. The van der Waals surface area contributed by atoms with E-state index in [0.29, 0.717) is 11.1 Å². The Balaban J connectivity index is 1.96. The lowest BCUT2D eigenvalue weighted by atomic mass is 10.2. The Labute approximate surface area is 103 Å². The number of nitrogens with zero attached hydrogens (tertiary/aromatic N) is 2. The van der Waals surface area contributed by atoms with Gasteiger partial charge in [-0.1, -0.05) is 12.1 Å². The number of carbonyl (C=O) groups excluding carboxylic acids is 1. The Kier molecular flexibility index (Phi) is 3.76. The van der Waals surface area contributed by atoms with Crippen LogP contribution in [0.3, 0.4) is 0 Å². The topological polar surface area (TPSA) is 54.4 Å². The summed E-state index contributed by atoms with van der Waals surface area (Å²) in [6.45, 7) is 0. The van der Waals surface area contributed by atoms with Crippen molar-refractivity contribution in [3.8, 4) is 0 Å². The van der Waals surface area contributed by atoms with E-state index in [4.69, 9.17) is 0 Å². The summed E-state index contributed by atoms with van der Waals surface area (Å²) >= 11 is 0. The van der Waals surface area contributed by atoms with Gasteiger partial charge in [0.05, 0.1) is 6.21 Å². The fourth-order valence-corrected chi connectivity index (χ4v) is 1.28. The monoisotopic (exact) mass is 243 g/mol. The molecule has 0 aliphatic rings. The number of hydrogen-bond donors (Lipinski definition) is 1. The molecule has 1 aromatic carbocycles. The molecule has 4 nitrogen and oxygen atoms in total. The molecule has 1 aromatic heterocycles. The molecule has 0 atom stereocenters. The van der Waals surface area contributed by atoms with E-state index < -0.39 is 0 Å². The fraction of sp³-hybridized carbons (Fsp3) is 0. The second kappa shape index (κ2) is 5.67. The maximum atomic E-state index is 12.6. The predicted molar refractivity (Wildman–Crippen MR) is 65.7 cm³/mol. The minimum atomic E-state index is -0.323. The normalized spacial score (nSPS) is 10.5. The zero-order chi connectivity index (χ0) is 12.8. The summed E-state index contributed by atoms with van der Waals surface area (Å²) < 4.78 is 12.6. The number of aromatic nitrogens is 1. The van der Waals surface area contributed by atoms with Gasteiger partial charge < -0.3 is 0 Å². The van der Waals surface area contributed by atoms with Crippen LogP contribution in [0, 0.1) is 5.82 Å². The van der Waals surface area contributed by atoms with E-state index in [2.05, 4.69) is 15.5 Å². The first kappa shape index (κ1) is 11.9. The molecule has 0 aliphatic heterocycles. The van der Waals surface area contributed by atoms with Crippen molar-refractivity contribution in [2.75, 3.05) is 0 Å². The van der Waals surface area contributed by atoms with Crippen molar-refractivity contribution in [3.05, 3.63) is 65.7 Å². The third-order valence-corrected chi connectivity index (χ3v) is 2.19. The summed E-state index contributed by atoms with van der Waals surface area (Å²) in [7, 11) is 0. The van der Waals surface area contributed by atoms with Crippen molar-refractivity contribution >= 4 is 12.1 Å². The molecule has 1 amide bonds. The largest absolute Gasteiger partial charge is 0.271 e. The number of benzene rings is 1. The number of amides is 1. The summed E-state index contributed by atoms with van der Waals surface area (Å²) in [6.07, 6.45) is 4.50. The van der Waals surface area contributed by atoms with Crippen LogP contribution in [0.5, 0.6) is 0 Å². The molecule has 2 rings (SSSR count). The Hall–Kier alpha value is -2.56. The van der Waals surface area contributed by atoms with Crippen LogP contribution in [0.25, 0.3) is 0 Å². The first-order valence-corrected chi connectivity index (χ1v) is 5.25. The van der Waals surface area contributed by atoms with E-state index >= 15 is 0 Å². The summed E-state index contributed by atoms with van der Waals surface area (Å²) in [6, 6.07) is 8.96. The lowest BCUT2D eigenvalue weighted by molar-refractivity contribution is 0.0955. The molecule has 0 radical (unpaired) electrons. The highest BCUT2D eigenvalue weighted by Gasteiger charge is 2.01. The highest BCUT2D eigenvalue weighted by atomic mass is 19.1. The van der Waals surface area contributed by atoms with Crippen LogP contribution in [0.1, 0.15) is 15.9 Å². The van der Waals surface area contributed by atoms with E-state index in [1.165, 1.54) is 30.7 Å². The van der Waals surface area contributed by atoms with Crippen LogP contribution in [-0.4, -0.2) is 17.1 Å². The molecule has 18 heavy (non-hydrogen) atoms. The van der Waals surface area contributed by atoms with E-state index in [1.54, 1.807) is 24.3 Å². The van der Waals surface area contributed by atoms with Gasteiger partial charge in [0.1, 0.15) is 5.82 Å². The van der Waals surface area contributed by atoms with E-state index in [1.807, 2.05) is 0 Å². The number of carbonyl (C=O) groups is 1. The molecule has 0 saturated heterocycles. The zero-order valence-corrected chi connectivity index (χ0v) is 9.38. The van der Waals surface area contributed by atoms with Crippen LogP contribution in [0.4, 0.5) is 4.39 Å². The maximum absolute atomic E-state index is 12.6. The lowest BCUT2D eigenvalue weighted by Gasteiger charge is -1.98. The van der Waals surface area contributed by atoms with Crippen LogP contribution in [0.2, 0.25) is 0 Å². The van der Waals surface area contributed by atoms with E-state index in [-0.39, 0.29) is 11.7 Å². The molecule has 2 aromatic rings. The fourth-order valence-electron chi connectivity index (χ4n) is 1.28. The second-order valence-electron chi connectivity index (χ2n) is 3.49. The second-order valence-corrected chi connectivity index (χ2v) is 3.49. The molecule has 0 saturated carbocycles. The summed E-state index contributed by atoms with van der Waals surface area (Å²) in [5.74, 6) is -0.635. The van der Waals surface area contributed by atoms with Gasteiger partial charge in [-0.25, -0.2) is 9.82 Å². The minimum Gasteiger partial charge on any atom is -0.267 e. The number of nitrogens with one attached hydrogen (secondary N) is 1. The molecular weight excluding hydrogens is 233 g/mol. The molecule has 0 spiro atoms. The van der Waals surface area contributed by atoms with Gasteiger partial charge in [-0.05, 0) is 29.8 Å². The zero-order valence-electron chi connectivity index (χ0n) is 9.38. The first-order valence-electron chi connectivity index (χ1n) is 5.25. The molecule has 1 heterocycles. The molecule has 0 unspecified atom stereocenters. The molecule has 1 N–H and O–H groups in total. The van der Waals surface area contributed by atoms with Gasteiger partial charge in [-0.15, -0.1) is 0 Å². The molecule has 5 heteroatoms. The van der Waals surface area contributed by atoms with Gasteiger partial charge in [0, 0.05) is 18.0 Å². The lowest BCUT2D eigenvalue weighted by Crippen LogP contribution is -2.17. The van der Waals surface area contributed by atoms with Crippen LogP contribution < -0.4 is 5.43 Å². The molecule has 0 fully saturated rings. The summed E-state index contributed by atoms with van der Waals surface area (Å²) in [5.41, 5.74) is 3.54. The predicted octanol–water partition coefficient (Wildman–Crippen LogP) is 1.98. The smallest absolute Gasteiger partial charge is 0.267 e.